The first-order valence-electron chi connectivity index (χ1n) is 4.96. The van der Waals surface area contributed by atoms with Crippen LogP contribution in [0.5, 0.6) is 0 Å². The average Bonchev–Trinajstić information content (AvgIpc) is 2.29. The number of rotatable bonds is 5. The molecule has 1 aromatic rings. The fraction of sp³-hybridized carbons (Fsp3) is 0.333. The van der Waals surface area contributed by atoms with E-state index in [1.807, 2.05) is 37.3 Å². The third-order valence-electron chi connectivity index (χ3n) is 1.97. The molecule has 0 fully saturated rings. The second-order valence-corrected chi connectivity index (χ2v) is 4.87. The molecule has 1 aromatic carbocycles. The van der Waals surface area contributed by atoms with Crippen LogP contribution in [0.2, 0.25) is 0 Å². The van der Waals surface area contributed by atoms with Gasteiger partial charge in [0.25, 0.3) is 0 Å². The minimum atomic E-state index is -0.763. The topological polar surface area (TPSA) is 43.4 Å². The van der Waals surface area contributed by atoms with Gasteiger partial charge in [-0.3, -0.25) is 4.79 Å². The summed E-state index contributed by atoms with van der Waals surface area (Å²) in [6.45, 7) is 1.92. The number of methoxy groups -OCH3 is 1. The van der Waals surface area contributed by atoms with Crippen LogP contribution in [0.1, 0.15) is 13.3 Å². The van der Waals surface area contributed by atoms with E-state index in [-0.39, 0.29) is 11.7 Å². The molecule has 4 heteroatoms. The van der Waals surface area contributed by atoms with Crippen molar-refractivity contribution in [1.82, 2.24) is 0 Å². The summed E-state index contributed by atoms with van der Waals surface area (Å²) in [5.74, 6) is -1.24. The van der Waals surface area contributed by atoms with Crippen molar-refractivity contribution in [2.75, 3.05) is 7.11 Å². The maximum absolute atomic E-state index is 11.3. The van der Waals surface area contributed by atoms with Crippen molar-refractivity contribution in [3.63, 3.8) is 0 Å². The Morgan fingerprint density at radius 2 is 1.94 bits per heavy atom. The fourth-order valence-corrected chi connectivity index (χ4v) is 2.24. The maximum Gasteiger partial charge on any atom is 0.374 e. The smallest absolute Gasteiger partial charge is 0.374 e. The molecule has 0 aromatic heterocycles. The van der Waals surface area contributed by atoms with Gasteiger partial charge in [0.05, 0.1) is 7.11 Å². The number of ether oxygens (including phenoxy) is 1. The van der Waals surface area contributed by atoms with Crippen molar-refractivity contribution in [3.05, 3.63) is 30.3 Å². The van der Waals surface area contributed by atoms with E-state index in [0.717, 1.165) is 4.90 Å². The Hall–Kier alpha value is -1.29. The van der Waals surface area contributed by atoms with Gasteiger partial charge in [-0.15, -0.1) is 11.8 Å². The number of carbonyl (C=O) groups is 2. The van der Waals surface area contributed by atoms with Crippen molar-refractivity contribution in [2.45, 2.75) is 23.5 Å². The normalized spacial score (nSPS) is 11.9. The highest BCUT2D eigenvalue weighted by atomic mass is 32.2. The highest BCUT2D eigenvalue weighted by Crippen LogP contribution is 2.24. The van der Waals surface area contributed by atoms with Gasteiger partial charge in [-0.2, -0.15) is 0 Å². The number of thioether (sulfide) groups is 1. The molecule has 0 saturated heterocycles. The summed E-state index contributed by atoms with van der Waals surface area (Å²) in [5.41, 5.74) is 0. The van der Waals surface area contributed by atoms with Gasteiger partial charge in [0.2, 0.25) is 5.78 Å². The molecule has 0 saturated carbocycles. The first-order chi connectivity index (χ1) is 7.63. The molecule has 3 nitrogen and oxygen atoms in total. The van der Waals surface area contributed by atoms with E-state index in [1.54, 1.807) is 11.8 Å². The fourth-order valence-electron chi connectivity index (χ4n) is 1.23. The van der Waals surface area contributed by atoms with Gasteiger partial charge in [-0.05, 0) is 12.1 Å². The van der Waals surface area contributed by atoms with Crippen LogP contribution in [0.3, 0.4) is 0 Å². The van der Waals surface area contributed by atoms with Crippen molar-refractivity contribution in [3.8, 4) is 0 Å². The Morgan fingerprint density at radius 1 is 1.31 bits per heavy atom. The van der Waals surface area contributed by atoms with Gasteiger partial charge in [-0.25, -0.2) is 4.79 Å². The van der Waals surface area contributed by atoms with Crippen LogP contribution in [-0.2, 0) is 14.3 Å². The molecule has 0 amide bonds. The van der Waals surface area contributed by atoms with E-state index in [0.29, 0.717) is 0 Å². The molecule has 0 spiro atoms. The lowest BCUT2D eigenvalue weighted by atomic mass is 10.2. The molecule has 16 heavy (non-hydrogen) atoms. The third-order valence-corrected chi connectivity index (χ3v) is 3.08. The third kappa shape index (κ3) is 4.06. The number of benzene rings is 1. The molecule has 0 aliphatic carbocycles. The van der Waals surface area contributed by atoms with E-state index >= 15 is 0 Å². The Morgan fingerprint density at radius 3 is 2.50 bits per heavy atom. The van der Waals surface area contributed by atoms with Crippen LogP contribution in [0.25, 0.3) is 0 Å². The number of ketones is 1. The molecule has 1 rings (SSSR count). The summed E-state index contributed by atoms with van der Waals surface area (Å²) in [7, 11) is 1.22. The summed E-state index contributed by atoms with van der Waals surface area (Å²) in [4.78, 5) is 23.3. The zero-order chi connectivity index (χ0) is 12.0. The molecule has 0 N–H and O–H groups in total. The van der Waals surface area contributed by atoms with E-state index in [9.17, 15) is 9.59 Å². The van der Waals surface area contributed by atoms with Gasteiger partial charge < -0.3 is 4.74 Å². The van der Waals surface area contributed by atoms with Crippen molar-refractivity contribution >= 4 is 23.5 Å². The van der Waals surface area contributed by atoms with Crippen LogP contribution in [0.4, 0.5) is 0 Å². The molecule has 1 unspecified atom stereocenters. The molecular weight excluding hydrogens is 224 g/mol. The average molecular weight is 238 g/mol. The molecular formula is C12H14O3S. The van der Waals surface area contributed by atoms with Crippen LogP contribution < -0.4 is 0 Å². The SMILES string of the molecule is COC(=O)C(=O)CC(C)Sc1ccccc1. The lowest BCUT2D eigenvalue weighted by molar-refractivity contribution is -0.151. The van der Waals surface area contributed by atoms with E-state index < -0.39 is 11.8 Å². The van der Waals surface area contributed by atoms with Crippen LogP contribution in [0, 0.1) is 0 Å². The van der Waals surface area contributed by atoms with Gasteiger partial charge >= 0.3 is 5.97 Å². The van der Waals surface area contributed by atoms with Crippen molar-refractivity contribution in [2.24, 2.45) is 0 Å². The van der Waals surface area contributed by atoms with Gasteiger partial charge in [-0.1, -0.05) is 25.1 Å². The minimum absolute atomic E-state index is 0.0639. The number of carbonyl (C=O) groups excluding carboxylic acids is 2. The molecule has 86 valence electrons. The quantitative estimate of drug-likeness (QED) is 0.448. The number of hydrogen-bond donors (Lipinski definition) is 0. The summed E-state index contributed by atoms with van der Waals surface area (Å²) in [5, 5.41) is 0.0639. The Kier molecular flexibility index (Phi) is 5.05. The summed E-state index contributed by atoms with van der Waals surface area (Å²) < 4.78 is 4.37. The maximum atomic E-state index is 11.3. The van der Waals surface area contributed by atoms with Crippen LogP contribution in [-0.4, -0.2) is 24.1 Å². The Labute approximate surface area is 99.2 Å². The van der Waals surface area contributed by atoms with Crippen LogP contribution >= 0.6 is 11.8 Å². The zero-order valence-electron chi connectivity index (χ0n) is 9.30. The minimum Gasteiger partial charge on any atom is -0.463 e. The summed E-state index contributed by atoms with van der Waals surface area (Å²) >= 11 is 1.57. The van der Waals surface area contributed by atoms with Crippen LogP contribution in [0.15, 0.2) is 35.2 Å². The largest absolute Gasteiger partial charge is 0.463 e. The van der Waals surface area contributed by atoms with Crippen molar-refractivity contribution in [1.29, 1.82) is 0 Å². The molecule has 0 bridgehead atoms. The summed E-state index contributed by atoms with van der Waals surface area (Å²) in [6, 6.07) is 9.77. The zero-order valence-corrected chi connectivity index (χ0v) is 10.1. The Bertz CT molecular complexity index is 362. The predicted octanol–water partition coefficient (Wildman–Crippen LogP) is 2.30. The van der Waals surface area contributed by atoms with E-state index in [4.69, 9.17) is 0 Å². The lowest BCUT2D eigenvalue weighted by Crippen LogP contribution is -2.18. The second kappa shape index (κ2) is 6.33. The van der Waals surface area contributed by atoms with Gasteiger partial charge in [0.1, 0.15) is 0 Å². The highest BCUT2D eigenvalue weighted by Gasteiger charge is 2.17. The molecule has 0 radical (unpaired) electrons. The molecule has 0 aliphatic rings. The molecule has 0 aliphatic heterocycles. The van der Waals surface area contributed by atoms with E-state index in [1.165, 1.54) is 7.11 Å². The number of Topliss-reactive ketones (excluding diaryl/α,β-unsaturated/α-hetero) is 1. The van der Waals surface area contributed by atoms with Gasteiger partial charge in [0.15, 0.2) is 0 Å². The monoisotopic (exact) mass is 238 g/mol. The number of hydrogen-bond acceptors (Lipinski definition) is 4. The first kappa shape index (κ1) is 12.8. The molecule has 1 atom stereocenters. The van der Waals surface area contributed by atoms with Crippen molar-refractivity contribution < 1.29 is 14.3 Å². The number of esters is 1. The lowest BCUT2D eigenvalue weighted by Gasteiger charge is -2.09. The van der Waals surface area contributed by atoms with Gasteiger partial charge in [0, 0.05) is 16.6 Å². The predicted molar refractivity (Wildman–Crippen MR) is 63.4 cm³/mol. The molecule has 0 heterocycles. The highest BCUT2D eigenvalue weighted by molar-refractivity contribution is 8.00. The standard InChI is InChI=1S/C12H14O3S/c1-9(8-11(13)12(14)15-2)16-10-6-4-3-5-7-10/h3-7,9H,8H2,1-2H3. The summed E-state index contributed by atoms with van der Waals surface area (Å²) in [6.07, 6.45) is 0.201. The first-order valence-corrected chi connectivity index (χ1v) is 5.84. The second-order valence-electron chi connectivity index (χ2n) is 3.36. The Balaban J connectivity index is 2.45. The van der Waals surface area contributed by atoms with E-state index in [2.05, 4.69) is 4.74 Å².